The molecule has 1 fully saturated rings. The molecule has 3 N–H and O–H groups in total. The molecule has 5 heteroatoms. The van der Waals surface area contributed by atoms with E-state index in [-0.39, 0.29) is 24.3 Å². The van der Waals surface area contributed by atoms with E-state index < -0.39 is 11.4 Å². The Hall–Kier alpha value is -1.10. The molecule has 1 aliphatic rings. The van der Waals surface area contributed by atoms with Crippen molar-refractivity contribution in [2.75, 3.05) is 13.2 Å². The third-order valence-electron chi connectivity index (χ3n) is 4.07. The van der Waals surface area contributed by atoms with Gasteiger partial charge in [0.25, 0.3) is 0 Å². The average molecular weight is 271 g/mol. The van der Waals surface area contributed by atoms with E-state index in [4.69, 9.17) is 5.11 Å². The molecular weight excluding hydrogens is 246 g/mol. The maximum Gasteiger partial charge on any atom is 0.310 e. The molecule has 0 saturated heterocycles. The first-order valence-corrected chi connectivity index (χ1v) is 6.92. The molecule has 5 nitrogen and oxygen atoms in total. The molecule has 1 aliphatic carbocycles. The van der Waals surface area contributed by atoms with E-state index in [1.165, 1.54) is 0 Å². The molecule has 1 saturated carbocycles. The highest BCUT2D eigenvalue weighted by Gasteiger charge is 2.43. The van der Waals surface area contributed by atoms with Crippen LogP contribution in [-0.2, 0) is 9.59 Å². The van der Waals surface area contributed by atoms with Crippen molar-refractivity contribution in [3.05, 3.63) is 0 Å². The van der Waals surface area contributed by atoms with Crippen LogP contribution in [0.25, 0.3) is 0 Å². The van der Waals surface area contributed by atoms with Gasteiger partial charge in [0.05, 0.1) is 5.41 Å². The van der Waals surface area contributed by atoms with Gasteiger partial charge in [-0.05, 0) is 24.7 Å². The lowest BCUT2D eigenvalue weighted by molar-refractivity contribution is -0.151. The van der Waals surface area contributed by atoms with Crippen LogP contribution in [0.4, 0.5) is 0 Å². The van der Waals surface area contributed by atoms with Gasteiger partial charge in [-0.15, -0.1) is 0 Å². The molecule has 0 bridgehead atoms. The van der Waals surface area contributed by atoms with Crippen molar-refractivity contribution in [2.45, 2.75) is 52.4 Å². The van der Waals surface area contributed by atoms with Crippen molar-refractivity contribution in [3.63, 3.8) is 0 Å². The fourth-order valence-corrected chi connectivity index (χ4v) is 2.62. The number of hydrogen-bond acceptors (Lipinski definition) is 3. The second-order valence-electron chi connectivity index (χ2n) is 6.38. The molecule has 19 heavy (non-hydrogen) atoms. The minimum Gasteiger partial charge on any atom is -0.481 e. The van der Waals surface area contributed by atoms with Crippen LogP contribution in [0.3, 0.4) is 0 Å². The van der Waals surface area contributed by atoms with Crippen molar-refractivity contribution < 1.29 is 19.8 Å². The number of hydrogen-bond donors (Lipinski definition) is 3. The zero-order valence-corrected chi connectivity index (χ0v) is 11.9. The first kappa shape index (κ1) is 16.0. The second-order valence-corrected chi connectivity index (χ2v) is 6.38. The summed E-state index contributed by atoms with van der Waals surface area (Å²) >= 11 is 0. The highest BCUT2D eigenvalue weighted by atomic mass is 16.4. The van der Waals surface area contributed by atoms with E-state index in [1.54, 1.807) is 0 Å². The zero-order chi connectivity index (χ0) is 14.5. The number of rotatable bonds is 7. The van der Waals surface area contributed by atoms with Gasteiger partial charge in [0.15, 0.2) is 0 Å². The summed E-state index contributed by atoms with van der Waals surface area (Å²) in [5.74, 6) is -1.05. The Morgan fingerprint density at radius 1 is 1.26 bits per heavy atom. The molecule has 0 aliphatic heterocycles. The van der Waals surface area contributed by atoms with E-state index in [9.17, 15) is 14.7 Å². The van der Waals surface area contributed by atoms with Crippen molar-refractivity contribution in [1.29, 1.82) is 0 Å². The van der Waals surface area contributed by atoms with Crippen LogP contribution < -0.4 is 5.32 Å². The number of aliphatic hydroxyl groups excluding tert-OH is 1. The Morgan fingerprint density at radius 2 is 1.84 bits per heavy atom. The predicted molar refractivity (Wildman–Crippen MR) is 71.6 cm³/mol. The molecule has 0 heterocycles. The molecule has 1 rings (SSSR count). The van der Waals surface area contributed by atoms with Crippen LogP contribution in [0.15, 0.2) is 0 Å². The van der Waals surface area contributed by atoms with Crippen LogP contribution in [0, 0.1) is 10.8 Å². The topological polar surface area (TPSA) is 86.6 Å². The Kier molecular flexibility index (Phi) is 5.35. The van der Waals surface area contributed by atoms with Crippen LogP contribution in [0.2, 0.25) is 0 Å². The minimum atomic E-state index is -0.856. The molecule has 0 spiro atoms. The Morgan fingerprint density at radius 3 is 2.32 bits per heavy atom. The summed E-state index contributed by atoms with van der Waals surface area (Å²) in [6, 6.07) is 0. The first-order valence-electron chi connectivity index (χ1n) is 6.92. The van der Waals surface area contributed by atoms with Gasteiger partial charge in [-0.1, -0.05) is 26.7 Å². The number of carboxylic acid groups (broad SMARTS) is 1. The molecule has 0 aromatic rings. The number of carboxylic acids is 1. The van der Waals surface area contributed by atoms with Gasteiger partial charge in [0.2, 0.25) is 5.91 Å². The van der Waals surface area contributed by atoms with Crippen molar-refractivity contribution in [2.24, 2.45) is 10.8 Å². The minimum absolute atomic E-state index is 0.0670. The van der Waals surface area contributed by atoms with Crippen LogP contribution in [-0.4, -0.2) is 35.2 Å². The molecular formula is C14H25NO4. The molecule has 1 amide bonds. The number of aliphatic hydroxyl groups is 1. The van der Waals surface area contributed by atoms with Crippen LogP contribution >= 0.6 is 0 Å². The van der Waals surface area contributed by atoms with E-state index >= 15 is 0 Å². The lowest BCUT2D eigenvalue weighted by atomic mass is 9.82. The fourth-order valence-electron chi connectivity index (χ4n) is 2.62. The molecule has 110 valence electrons. The SMILES string of the molecule is CC(C)(CCO)CNC(=O)CC1(C(=O)O)CCCC1. The second kappa shape index (κ2) is 6.37. The summed E-state index contributed by atoms with van der Waals surface area (Å²) in [6.45, 7) is 4.47. The van der Waals surface area contributed by atoms with Gasteiger partial charge in [-0.25, -0.2) is 0 Å². The van der Waals surface area contributed by atoms with Gasteiger partial charge in [-0.2, -0.15) is 0 Å². The molecule has 0 unspecified atom stereocenters. The molecule has 0 atom stereocenters. The van der Waals surface area contributed by atoms with Gasteiger partial charge >= 0.3 is 5.97 Å². The highest BCUT2D eigenvalue weighted by Crippen LogP contribution is 2.41. The summed E-state index contributed by atoms with van der Waals surface area (Å²) in [6.07, 6.45) is 3.63. The number of aliphatic carboxylic acids is 1. The van der Waals surface area contributed by atoms with Crippen LogP contribution in [0.1, 0.15) is 52.4 Å². The maximum atomic E-state index is 11.9. The highest BCUT2D eigenvalue weighted by molar-refractivity contribution is 5.85. The number of carbonyl (C=O) groups is 2. The third-order valence-corrected chi connectivity index (χ3v) is 4.07. The smallest absolute Gasteiger partial charge is 0.310 e. The number of nitrogens with one attached hydrogen (secondary N) is 1. The van der Waals surface area contributed by atoms with Gasteiger partial charge in [0.1, 0.15) is 0 Å². The van der Waals surface area contributed by atoms with E-state index in [2.05, 4.69) is 5.32 Å². The summed E-state index contributed by atoms with van der Waals surface area (Å²) in [5.41, 5.74) is -1.03. The van der Waals surface area contributed by atoms with Crippen molar-refractivity contribution in [1.82, 2.24) is 5.32 Å². The average Bonchev–Trinajstić information content (AvgIpc) is 2.76. The first-order chi connectivity index (χ1) is 8.81. The zero-order valence-electron chi connectivity index (χ0n) is 11.9. The standard InChI is InChI=1S/C14H25NO4/c1-13(2,7-8-16)10-15-11(17)9-14(12(18)19)5-3-4-6-14/h16H,3-10H2,1-2H3,(H,15,17)(H,18,19). The van der Waals surface area contributed by atoms with Crippen molar-refractivity contribution in [3.8, 4) is 0 Å². The maximum absolute atomic E-state index is 11.9. The number of amides is 1. The van der Waals surface area contributed by atoms with Gasteiger partial charge < -0.3 is 15.5 Å². The summed E-state index contributed by atoms with van der Waals surface area (Å²) in [4.78, 5) is 23.3. The summed E-state index contributed by atoms with van der Waals surface area (Å²) in [7, 11) is 0. The Labute approximate surface area is 114 Å². The van der Waals surface area contributed by atoms with Crippen molar-refractivity contribution >= 4 is 11.9 Å². The summed E-state index contributed by atoms with van der Waals surface area (Å²) in [5, 5.41) is 21.0. The normalized spacial score (nSPS) is 18.3. The lowest BCUT2D eigenvalue weighted by Gasteiger charge is -2.26. The van der Waals surface area contributed by atoms with E-state index in [0.717, 1.165) is 12.8 Å². The number of carbonyl (C=O) groups excluding carboxylic acids is 1. The fraction of sp³-hybridized carbons (Fsp3) is 0.857. The largest absolute Gasteiger partial charge is 0.481 e. The third kappa shape index (κ3) is 4.49. The van der Waals surface area contributed by atoms with E-state index in [1.807, 2.05) is 13.8 Å². The Bertz CT molecular complexity index is 332. The molecule has 0 radical (unpaired) electrons. The molecule has 0 aromatic carbocycles. The van der Waals surface area contributed by atoms with E-state index in [0.29, 0.717) is 25.8 Å². The van der Waals surface area contributed by atoms with Gasteiger partial charge in [-0.3, -0.25) is 9.59 Å². The lowest BCUT2D eigenvalue weighted by Crippen LogP contribution is -2.39. The monoisotopic (exact) mass is 271 g/mol. The van der Waals surface area contributed by atoms with Crippen LogP contribution in [0.5, 0.6) is 0 Å². The predicted octanol–water partition coefficient (Wildman–Crippen LogP) is 1.55. The Balaban J connectivity index is 2.48. The molecule has 0 aromatic heterocycles. The summed E-state index contributed by atoms with van der Waals surface area (Å²) < 4.78 is 0. The quantitative estimate of drug-likeness (QED) is 0.655. The van der Waals surface area contributed by atoms with Gasteiger partial charge in [0, 0.05) is 19.6 Å².